The number of amides is 1. The van der Waals surface area contributed by atoms with Crippen molar-refractivity contribution in [2.75, 3.05) is 0 Å². The van der Waals surface area contributed by atoms with E-state index >= 15 is 0 Å². The Morgan fingerprint density at radius 1 is 1.30 bits per heavy atom. The smallest absolute Gasteiger partial charge is 0.240 e. The molecule has 0 radical (unpaired) electrons. The van der Waals surface area contributed by atoms with Gasteiger partial charge in [0.2, 0.25) is 11.8 Å². The number of aryl methyl sites for hydroxylation is 1. The van der Waals surface area contributed by atoms with Gasteiger partial charge < -0.3 is 10.1 Å². The van der Waals surface area contributed by atoms with Crippen LogP contribution in [0, 0.1) is 11.7 Å². The number of aromatic amines is 1. The van der Waals surface area contributed by atoms with Gasteiger partial charge in [0.1, 0.15) is 12.6 Å². The van der Waals surface area contributed by atoms with Gasteiger partial charge >= 0.3 is 0 Å². The van der Waals surface area contributed by atoms with Crippen LogP contribution in [-0.2, 0) is 17.9 Å². The summed E-state index contributed by atoms with van der Waals surface area (Å²) in [5.41, 5.74) is 2.89. The van der Waals surface area contributed by atoms with Gasteiger partial charge in [-0.25, -0.2) is 4.98 Å². The maximum Gasteiger partial charge on any atom is 0.240 e. The largest absolute Gasteiger partial charge is 0.474 e. The van der Waals surface area contributed by atoms with E-state index in [1.807, 2.05) is 43.3 Å². The molecule has 7 nitrogen and oxygen atoms in total. The Kier molecular flexibility index (Phi) is 6.23. The first-order chi connectivity index (χ1) is 14.6. The van der Waals surface area contributed by atoms with E-state index in [-0.39, 0.29) is 18.6 Å². The maximum atomic E-state index is 12.7. The number of ether oxygens (including phenoxy) is 1. The van der Waals surface area contributed by atoms with E-state index in [4.69, 9.17) is 17.0 Å². The molecular formula is C22H25N5O2S. The van der Waals surface area contributed by atoms with Crippen molar-refractivity contribution in [1.29, 1.82) is 0 Å². The summed E-state index contributed by atoms with van der Waals surface area (Å²) in [6, 6.07) is 11.7. The van der Waals surface area contributed by atoms with E-state index in [1.165, 1.54) is 12.8 Å². The number of H-pyrrole nitrogens is 1. The van der Waals surface area contributed by atoms with Crippen molar-refractivity contribution in [3.05, 3.63) is 58.5 Å². The van der Waals surface area contributed by atoms with Crippen LogP contribution in [0.3, 0.4) is 0 Å². The summed E-state index contributed by atoms with van der Waals surface area (Å²) < 4.78 is 8.17. The zero-order chi connectivity index (χ0) is 20.9. The molecule has 30 heavy (non-hydrogen) atoms. The number of pyridine rings is 1. The molecule has 1 aromatic carbocycles. The second kappa shape index (κ2) is 9.21. The van der Waals surface area contributed by atoms with E-state index in [0.717, 1.165) is 29.5 Å². The highest BCUT2D eigenvalue weighted by Crippen LogP contribution is 2.25. The number of hydrogen-bond acceptors (Lipinski definition) is 5. The molecular weight excluding hydrogens is 398 g/mol. The van der Waals surface area contributed by atoms with Crippen LogP contribution in [0.5, 0.6) is 5.88 Å². The number of carbonyl (C=O) groups is 1. The molecule has 0 aliphatic heterocycles. The molecule has 156 valence electrons. The zero-order valence-electron chi connectivity index (χ0n) is 16.9. The van der Waals surface area contributed by atoms with Gasteiger partial charge in [0.05, 0.1) is 0 Å². The second-order valence-corrected chi connectivity index (χ2v) is 7.96. The standard InChI is InChI=1S/C22H25N5O2S/c1-15-6-4-7-16(12-15)20-25-26-22(30)27(20)14-19(28)24-13-17-8-5-11-23-21(17)29-18-9-2-3-10-18/h4-8,11-12,18H,2-3,9-10,13-14H2,1H3,(H,24,28)(H,26,30). The summed E-state index contributed by atoms with van der Waals surface area (Å²) >= 11 is 5.34. The highest BCUT2D eigenvalue weighted by molar-refractivity contribution is 7.71. The van der Waals surface area contributed by atoms with Crippen LogP contribution in [0.25, 0.3) is 11.4 Å². The highest BCUT2D eigenvalue weighted by Gasteiger charge is 2.19. The number of nitrogens with one attached hydrogen (secondary N) is 2. The van der Waals surface area contributed by atoms with E-state index in [2.05, 4.69) is 20.5 Å². The average molecular weight is 424 g/mol. The highest BCUT2D eigenvalue weighted by atomic mass is 32.1. The molecule has 4 rings (SSSR count). The third kappa shape index (κ3) is 4.76. The fourth-order valence-corrected chi connectivity index (χ4v) is 3.89. The minimum Gasteiger partial charge on any atom is -0.474 e. The molecule has 8 heteroatoms. The number of carbonyl (C=O) groups excluding carboxylic acids is 1. The van der Waals surface area contributed by atoms with Crippen LogP contribution in [0.4, 0.5) is 0 Å². The number of benzene rings is 1. The maximum absolute atomic E-state index is 12.7. The molecule has 0 spiro atoms. The van der Waals surface area contributed by atoms with Crippen LogP contribution in [0.2, 0.25) is 0 Å². The van der Waals surface area contributed by atoms with Gasteiger partial charge in [-0.1, -0.05) is 29.8 Å². The quantitative estimate of drug-likeness (QED) is 0.562. The van der Waals surface area contributed by atoms with Gasteiger partial charge in [0, 0.05) is 23.9 Å². The van der Waals surface area contributed by atoms with E-state index in [0.29, 0.717) is 23.0 Å². The first-order valence-electron chi connectivity index (χ1n) is 10.2. The van der Waals surface area contributed by atoms with Crippen LogP contribution < -0.4 is 10.1 Å². The molecule has 0 atom stereocenters. The summed E-state index contributed by atoms with van der Waals surface area (Å²) in [6.45, 7) is 2.44. The molecule has 0 bridgehead atoms. The molecule has 1 aliphatic carbocycles. The normalized spacial score (nSPS) is 14.0. The van der Waals surface area contributed by atoms with Crippen LogP contribution in [-0.4, -0.2) is 31.8 Å². The number of hydrogen-bond donors (Lipinski definition) is 2. The average Bonchev–Trinajstić information content (AvgIpc) is 3.38. The second-order valence-electron chi connectivity index (χ2n) is 7.58. The lowest BCUT2D eigenvalue weighted by Gasteiger charge is -2.15. The predicted octanol–water partition coefficient (Wildman–Crippen LogP) is 3.95. The predicted molar refractivity (Wildman–Crippen MR) is 117 cm³/mol. The van der Waals surface area contributed by atoms with Crippen molar-refractivity contribution in [2.24, 2.45) is 0 Å². The lowest BCUT2D eigenvalue weighted by Crippen LogP contribution is -2.28. The monoisotopic (exact) mass is 423 g/mol. The Morgan fingerprint density at radius 3 is 2.93 bits per heavy atom. The number of aromatic nitrogens is 4. The van der Waals surface area contributed by atoms with E-state index < -0.39 is 0 Å². The van der Waals surface area contributed by atoms with Crippen molar-refractivity contribution < 1.29 is 9.53 Å². The van der Waals surface area contributed by atoms with Crippen molar-refractivity contribution >= 4 is 18.1 Å². The molecule has 2 N–H and O–H groups in total. The summed E-state index contributed by atoms with van der Waals surface area (Å²) in [7, 11) is 0. The molecule has 2 aromatic heterocycles. The molecule has 0 saturated heterocycles. The number of rotatable bonds is 7. The minimum atomic E-state index is -0.155. The van der Waals surface area contributed by atoms with Crippen LogP contribution >= 0.6 is 12.2 Å². The first-order valence-corrected chi connectivity index (χ1v) is 10.6. The third-order valence-corrected chi connectivity index (χ3v) is 5.55. The van der Waals surface area contributed by atoms with Crippen molar-refractivity contribution in [3.63, 3.8) is 0 Å². The van der Waals surface area contributed by atoms with Crippen molar-refractivity contribution in [2.45, 2.75) is 51.8 Å². The molecule has 1 aliphatic rings. The molecule has 1 saturated carbocycles. The topological polar surface area (TPSA) is 84.8 Å². The summed E-state index contributed by atoms with van der Waals surface area (Å²) in [5, 5.41) is 10.0. The lowest BCUT2D eigenvalue weighted by molar-refractivity contribution is -0.121. The molecule has 1 fully saturated rings. The van der Waals surface area contributed by atoms with Gasteiger partial charge in [-0.05, 0) is 57.0 Å². The van der Waals surface area contributed by atoms with Gasteiger partial charge in [-0.3, -0.25) is 14.5 Å². The van der Waals surface area contributed by atoms with E-state index in [9.17, 15) is 4.79 Å². The number of nitrogens with zero attached hydrogens (tertiary/aromatic N) is 3. The van der Waals surface area contributed by atoms with Crippen molar-refractivity contribution in [1.82, 2.24) is 25.1 Å². The van der Waals surface area contributed by atoms with E-state index in [1.54, 1.807) is 10.8 Å². The molecule has 0 unspecified atom stereocenters. The third-order valence-electron chi connectivity index (χ3n) is 5.24. The summed E-state index contributed by atoms with van der Waals surface area (Å²) in [6.07, 6.45) is 6.44. The fraction of sp³-hybridized carbons (Fsp3) is 0.364. The Bertz CT molecular complexity index is 1080. The zero-order valence-corrected chi connectivity index (χ0v) is 17.7. The molecule has 3 aromatic rings. The Labute approximate surface area is 180 Å². The fourth-order valence-electron chi connectivity index (χ4n) is 3.69. The Balaban J connectivity index is 1.43. The summed E-state index contributed by atoms with van der Waals surface area (Å²) in [4.78, 5) is 17.0. The van der Waals surface area contributed by atoms with Crippen LogP contribution in [0.1, 0.15) is 36.8 Å². The minimum absolute atomic E-state index is 0.0810. The molecule has 2 heterocycles. The van der Waals surface area contributed by atoms with Crippen LogP contribution in [0.15, 0.2) is 42.6 Å². The van der Waals surface area contributed by atoms with Gasteiger partial charge in [0.25, 0.3) is 0 Å². The Morgan fingerprint density at radius 2 is 2.13 bits per heavy atom. The SMILES string of the molecule is Cc1cccc(-c2n[nH]c(=S)n2CC(=O)NCc2cccnc2OC2CCCC2)c1. The lowest BCUT2D eigenvalue weighted by atomic mass is 10.1. The van der Waals surface area contributed by atoms with Crippen molar-refractivity contribution in [3.8, 4) is 17.3 Å². The summed E-state index contributed by atoms with van der Waals surface area (Å²) in [5.74, 6) is 1.09. The van der Waals surface area contributed by atoms with Gasteiger partial charge in [-0.2, -0.15) is 5.10 Å². The first kappa shape index (κ1) is 20.3. The van der Waals surface area contributed by atoms with Gasteiger partial charge in [0.15, 0.2) is 10.6 Å². The molecule has 1 amide bonds. The Hall–Kier alpha value is -3.00. The van der Waals surface area contributed by atoms with Gasteiger partial charge in [-0.15, -0.1) is 0 Å².